The van der Waals surface area contributed by atoms with Gasteiger partial charge in [0.25, 0.3) is 5.69 Å². The Balaban J connectivity index is 1.31. The minimum absolute atomic E-state index is 0.0205. The Bertz CT molecular complexity index is 1450. The average molecular weight is 510 g/mol. The predicted octanol–water partition coefficient (Wildman–Crippen LogP) is 5.95. The molecule has 0 atom stereocenters. The summed E-state index contributed by atoms with van der Waals surface area (Å²) in [7, 11) is 0. The van der Waals surface area contributed by atoms with Crippen LogP contribution in [0.5, 0.6) is 5.75 Å². The highest BCUT2D eigenvalue weighted by Gasteiger charge is 2.14. The molecule has 0 bridgehead atoms. The topological polar surface area (TPSA) is 78.7 Å². The number of aromatic nitrogens is 2. The smallest absolute Gasteiger partial charge is 0.250 e. The summed E-state index contributed by atoms with van der Waals surface area (Å²) in [6.07, 6.45) is 1.73. The molecule has 38 heavy (non-hydrogen) atoms. The summed E-state index contributed by atoms with van der Waals surface area (Å²) >= 11 is 0. The molecule has 4 aromatic rings. The number of hydrogen-bond acceptors (Lipinski definition) is 7. The number of ether oxygens (including phenoxy) is 1. The van der Waals surface area contributed by atoms with Crippen molar-refractivity contribution in [3.8, 4) is 5.75 Å². The van der Waals surface area contributed by atoms with Gasteiger partial charge in [0.2, 0.25) is 5.95 Å². The fourth-order valence-corrected chi connectivity index (χ4v) is 4.19. The number of piperazine rings is 1. The lowest BCUT2D eigenvalue weighted by molar-refractivity contribution is 0.302. The first-order valence-corrected chi connectivity index (χ1v) is 12.4. The van der Waals surface area contributed by atoms with Gasteiger partial charge in [-0.15, -0.1) is 0 Å². The highest BCUT2D eigenvalue weighted by Crippen LogP contribution is 2.38. The number of para-hydroxylation sites is 1. The zero-order valence-electron chi connectivity index (χ0n) is 21.0. The summed E-state index contributed by atoms with van der Waals surface area (Å²) in [6.45, 7) is 13.6. The Morgan fingerprint density at radius 1 is 1.03 bits per heavy atom. The maximum atomic E-state index is 14.0. The first kappa shape index (κ1) is 25.0. The molecule has 3 aromatic carbocycles. The quantitative estimate of drug-likeness (QED) is 0.253. The average Bonchev–Trinajstić information content (AvgIpc) is 2.95. The molecule has 8 nitrogen and oxygen atoms in total. The third-order valence-corrected chi connectivity index (χ3v) is 6.28. The van der Waals surface area contributed by atoms with Gasteiger partial charge in [-0.25, -0.2) is 14.2 Å². The van der Waals surface area contributed by atoms with E-state index in [2.05, 4.69) is 47.8 Å². The molecule has 192 valence electrons. The van der Waals surface area contributed by atoms with Crippen LogP contribution in [0.25, 0.3) is 4.85 Å². The summed E-state index contributed by atoms with van der Waals surface area (Å²) in [5.41, 5.74) is 4.14. The number of benzene rings is 3. The lowest BCUT2D eigenvalue weighted by Crippen LogP contribution is -2.43. The first-order chi connectivity index (χ1) is 18.6. The fourth-order valence-electron chi connectivity index (χ4n) is 4.19. The molecule has 3 N–H and O–H groups in total. The van der Waals surface area contributed by atoms with Gasteiger partial charge in [-0.3, -0.25) is 0 Å². The molecule has 1 saturated heterocycles. The molecule has 9 heteroatoms. The van der Waals surface area contributed by atoms with Gasteiger partial charge in [-0.1, -0.05) is 24.3 Å². The van der Waals surface area contributed by atoms with E-state index in [0.717, 1.165) is 37.4 Å². The van der Waals surface area contributed by atoms with Crippen LogP contribution in [-0.2, 0) is 6.61 Å². The molecule has 1 fully saturated rings. The molecule has 0 saturated carbocycles. The van der Waals surface area contributed by atoms with Gasteiger partial charge >= 0.3 is 0 Å². The molecule has 1 aliphatic heterocycles. The zero-order chi connectivity index (χ0) is 26.3. The number of nitrogens with one attached hydrogen (secondary N) is 3. The second-order valence-electron chi connectivity index (χ2n) is 8.90. The molecule has 0 aliphatic carbocycles. The van der Waals surface area contributed by atoms with Crippen molar-refractivity contribution >= 4 is 34.5 Å². The summed E-state index contributed by atoms with van der Waals surface area (Å²) in [4.78, 5) is 15.1. The van der Waals surface area contributed by atoms with Crippen molar-refractivity contribution in [3.63, 3.8) is 0 Å². The standard InChI is InChI=1S/C29H28FN7O/c1-20-18-33-29(34-22-10-12-23(13-11-22)37-16-14-32-15-17-37)36-28(20)35-25-8-5-9-26(27(25)31-2)38-19-21-6-3-4-7-24(21)30/h3-13,18,32H,14-17,19H2,1H3,(H2,33,34,35,36). The molecule has 0 spiro atoms. The molecule has 2 heterocycles. The first-order valence-electron chi connectivity index (χ1n) is 12.4. The minimum Gasteiger partial charge on any atom is -0.500 e. The van der Waals surface area contributed by atoms with E-state index in [1.54, 1.807) is 42.6 Å². The summed E-state index contributed by atoms with van der Waals surface area (Å²) in [6, 6.07) is 19.9. The van der Waals surface area contributed by atoms with Crippen LogP contribution >= 0.6 is 0 Å². The molecule has 0 radical (unpaired) electrons. The van der Waals surface area contributed by atoms with Gasteiger partial charge in [0, 0.05) is 60.6 Å². The fraction of sp³-hybridized carbons (Fsp3) is 0.207. The number of rotatable bonds is 8. The van der Waals surface area contributed by atoms with E-state index >= 15 is 0 Å². The number of halogens is 1. The van der Waals surface area contributed by atoms with Crippen LogP contribution in [-0.4, -0.2) is 36.1 Å². The SMILES string of the molecule is [C-]#[N+]c1c(Nc2nc(Nc3ccc(N4CCNCC4)cc3)ncc2C)cccc1OCc1ccccc1F. The van der Waals surface area contributed by atoms with Gasteiger partial charge in [0.05, 0.1) is 6.57 Å². The van der Waals surface area contributed by atoms with Gasteiger partial charge < -0.3 is 25.6 Å². The molecule has 5 rings (SSSR count). The summed E-state index contributed by atoms with van der Waals surface area (Å²) in [5.74, 6) is 1.02. The van der Waals surface area contributed by atoms with Crippen molar-refractivity contribution in [3.05, 3.63) is 101 Å². The second-order valence-corrected chi connectivity index (χ2v) is 8.90. The number of hydrogen-bond donors (Lipinski definition) is 3. The second kappa shape index (κ2) is 11.6. The molecule has 1 aliphatic rings. The number of anilines is 5. The maximum Gasteiger partial charge on any atom is 0.250 e. The van der Waals surface area contributed by atoms with E-state index in [-0.39, 0.29) is 12.4 Å². The third-order valence-electron chi connectivity index (χ3n) is 6.28. The zero-order valence-corrected chi connectivity index (χ0v) is 21.0. The third kappa shape index (κ3) is 5.82. The lowest BCUT2D eigenvalue weighted by Gasteiger charge is -2.29. The largest absolute Gasteiger partial charge is 0.500 e. The van der Waals surface area contributed by atoms with Crippen LogP contribution < -0.4 is 25.6 Å². The van der Waals surface area contributed by atoms with Crippen molar-refractivity contribution in [2.75, 3.05) is 41.7 Å². The van der Waals surface area contributed by atoms with E-state index in [1.165, 1.54) is 11.8 Å². The summed E-state index contributed by atoms with van der Waals surface area (Å²) in [5, 5.41) is 9.87. The van der Waals surface area contributed by atoms with Crippen LogP contribution in [0.3, 0.4) is 0 Å². The summed E-state index contributed by atoms with van der Waals surface area (Å²) < 4.78 is 19.8. The number of nitrogens with zero attached hydrogens (tertiary/aromatic N) is 4. The van der Waals surface area contributed by atoms with Crippen molar-refractivity contribution in [2.45, 2.75) is 13.5 Å². The van der Waals surface area contributed by atoms with E-state index in [1.807, 2.05) is 19.1 Å². The van der Waals surface area contributed by atoms with Gasteiger partial charge in [0.1, 0.15) is 24.0 Å². The van der Waals surface area contributed by atoms with Crippen LogP contribution in [0.15, 0.2) is 72.9 Å². The Morgan fingerprint density at radius 3 is 2.58 bits per heavy atom. The van der Waals surface area contributed by atoms with Crippen molar-refractivity contribution < 1.29 is 9.13 Å². The Labute approximate surface area is 221 Å². The normalized spacial score (nSPS) is 13.0. The highest BCUT2D eigenvalue weighted by atomic mass is 19.1. The monoisotopic (exact) mass is 509 g/mol. The maximum absolute atomic E-state index is 14.0. The molecular weight excluding hydrogens is 481 g/mol. The molecular formula is C29H28FN7O. The number of aryl methyl sites for hydroxylation is 1. The Hall–Kier alpha value is -4.68. The molecule has 0 amide bonds. The predicted molar refractivity (Wildman–Crippen MR) is 148 cm³/mol. The van der Waals surface area contributed by atoms with E-state index in [0.29, 0.717) is 34.5 Å². The van der Waals surface area contributed by atoms with Gasteiger partial charge in [0.15, 0.2) is 0 Å². The van der Waals surface area contributed by atoms with Gasteiger partial charge in [-0.2, -0.15) is 4.98 Å². The van der Waals surface area contributed by atoms with Crippen LogP contribution in [0.1, 0.15) is 11.1 Å². The Kier molecular flexibility index (Phi) is 7.62. The molecule has 0 unspecified atom stereocenters. The van der Waals surface area contributed by atoms with Crippen molar-refractivity contribution in [1.29, 1.82) is 0 Å². The van der Waals surface area contributed by atoms with E-state index < -0.39 is 0 Å². The minimum atomic E-state index is -0.346. The Morgan fingerprint density at radius 2 is 1.82 bits per heavy atom. The van der Waals surface area contributed by atoms with E-state index in [9.17, 15) is 4.39 Å². The van der Waals surface area contributed by atoms with Crippen molar-refractivity contribution in [1.82, 2.24) is 15.3 Å². The van der Waals surface area contributed by atoms with E-state index in [4.69, 9.17) is 11.3 Å². The molecule has 1 aromatic heterocycles. The van der Waals surface area contributed by atoms with Crippen LogP contribution in [0.2, 0.25) is 0 Å². The van der Waals surface area contributed by atoms with Crippen LogP contribution in [0, 0.1) is 19.3 Å². The van der Waals surface area contributed by atoms with Crippen LogP contribution in [0.4, 0.5) is 38.9 Å². The van der Waals surface area contributed by atoms with Gasteiger partial charge in [-0.05, 0) is 49.4 Å². The lowest BCUT2D eigenvalue weighted by atomic mass is 10.2. The van der Waals surface area contributed by atoms with Crippen molar-refractivity contribution in [2.24, 2.45) is 0 Å². The highest BCUT2D eigenvalue weighted by molar-refractivity contribution is 5.80.